The van der Waals surface area contributed by atoms with E-state index in [1.165, 1.54) is 11.2 Å². The normalized spacial score (nSPS) is 16.8. The molecule has 11 heteroatoms. The number of nitrogens with one attached hydrogen (secondary N) is 1. The zero-order valence-electron chi connectivity index (χ0n) is 23.6. The van der Waals surface area contributed by atoms with E-state index in [1.54, 1.807) is 61.6 Å². The Morgan fingerprint density at radius 2 is 1.71 bits per heavy atom. The van der Waals surface area contributed by atoms with Gasteiger partial charge in [-0.15, -0.1) is 10.2 Å². The number of methoxy groups -OCH3 is 2. The number of benzene rings is 2. The van der Waals surface area contributed by atoms with Crippen LogP contribution in [-0.2, 0) is 16.1 Å². The fourth-order valence-corrected chi connectivity index (χ4v) is 6.09. The van der Waals surface area contributed by atoms with Crippen molar-refractivity contribution in [1.82, 2.24) is 30.4 Å². The maximum Gasteiger partial charge on any atom is 0.247 e. The molecule has 3 aromatic rings. The molecule has 0 saturated heterocycles. The smallest absolute Gasteiger partial charge is 0.247 e. The highest BCUT2D eigenvalue weighted by atomic mass is 35.5. The van der Waals surface area contributed by atoms with Gasteiger partial charge in [-0.25, -0.2) is 0 Å². The summed E-state index contributed by atoms with van der Waals surface area (Å²) in [5.41, 5.74) is 1.33. The number of nitrogens with zero attached hydrogens (tertiary/aromatic N) is 5. The summed E-state index contributed by atoms with van der Waals surface area (Å²) in [4.78, 5) is 31.4. The van der Waals surface area contributed by atoms with Crippen LogP contribution < -0.4 is 14.8 Å². The fraction of sp³-hybridized carbons (Fsp3) is 0.500. The van der Waals surface area contributed by atoms with Crippen molar-refractivity contribution >= 4 is 23.4 Å². The SMILES string of the molecule is COc1ccc(OC)c([C@H](C(=O)NC2CCCCC2)N(C(=O)Cn2nnc(-c3ccc(Cl)cc3)n2)C2CCCC2)c1. The van der Waals surface area contributed by atoms with Crippen molar-refractivity contribution in [1.29, 1.82) is 0 Å². The lowest BCUT2D eigenvalue weighted by Gasteiger charge is -2.37. The largest absolute Gasteiger partial charge is 0.497 e. The molecule has 2 amide bonds. The number of aromatic nitrogens is 4. The number of carbonyl (C=O) groups excluding carboxylic acids is 2. The molecule has 41 heavy (non-hydrogen) atoms. The molecule has 2 aromatic carbocycles. The van der Waals surface area contributed by atoms with Crippen molar-refractivity contribution in [3.05, 3.63) is 53.1 Å². The van der Waals surface area contributed by atoms with Crippen molar-refractivity contribution in [3.8, 4) is 22.9 Å². The maximum atomic E-state index is 14.2. The monoisotopic (exact) mass is 580 g/mol. The first kappa shape index (κ1) is 28.9. The number of hydrogen-bond donors (Lipinski definition) is 1. The van der Waals surface area contributed by atoms with Crippen molar-refractivity contribution in [2.75, 3.05) is 14.2 Å². The van der Waals surface area contributed by atoms with Gasteiger partial charge in [-0.2, -0.15) is 4.80 Å². The standard InChI is InChI=1S/C30H37ClN6O4/c1-40-24-16-17-26(41-2)25(18-24)28(30(39)32-22-8-4-3-5-9-22)37(23-10-6-7-11-23)27(38)19-36-34-29(33-35-36)20-12-14-21(31)15-13-20/h12-18,22-23,28H,3-11,19H2,1-2H3,(H,32,39)/t28-/m1/s1. The number of halogens is 1. The zero-order valence-corrected chi connectivity index (χ0v) is 24.3. The van der Waals surface area contributed by atoms with Crippen LogP contribution in [0.1, 0.15) is 69.4 Å². The highest BCUT2D eigenvalue weighted by Gasteiger charge is 2.40. The van der Waals surface area contributed by atoms with Crippen LogP contribution in [0.15, 0.2) is 42.5 Å². The number of carbonyl (C=O) groups is 2. The van der Waals surface area contributed by atoms with E-state index in [4.69, 9.17) is 21.1 Å². The third kappa shape index (κ3) is 6.81. The molecule has 0 unspecified atom stereocenters. The Hall–Kier alpha value is -3.66. The van der Waals surface area contributed by atoms with Crippen LogP contribution in [0.25, 0.3) is 11.4 Å². The number of hydrogen-bond acceptors (Lipinski definition) is 7. The topological polar surface area (TPSA) is 111 Å². The van der Waals surface area contributed by atoms with Gasteiger partial charge in [0.2, 0.25) is 17.6 Å². The third-order valence-electron chi connectivity index (χ3n) is 8.05. The van der Waals surface area contributed by atoms with Gasteiger partial charge in [0.1, 0.15) is 24.1 Å². The second-order valence-electron chi connectivity index (χ2n) is 10.7. The average molecular weight is 581 g/mol. The summed E-state index contributed by atoms with van der Waals surface area (Å²) in [7, 11) is 3.15. The van der Waals surface area contributed by atoms with Crippen LogP contribution in [-0.4, -0.2) is 63.2 Å². The molecule has 0 radical (unpaired) electrons. The lowest BCUT2D eigenvalue weighted by atomic mass is 9.94. The van der Waals surface area contributed by atoms with Crippen LogP contribution >= 0.6 is 11.6 Å². The van der Waals surface area contributed by atoms with E-state index >= 15 is 0 Å². The van der Waals surface area contributed by atoms with E-state index in [1.807, 2.05) is 0 Å². The predicted octanol–water partition coefficient (Wildman–Crippen LogP) is 4.97. The van der Waals surface area contributed by atoms with Gasteiger partial charge < -0.3 is 19.7 Å². The molecule has 1 atom stereocenters. The van der Waals surface area contributed by atoms with E-state index in [0.717, 1.165) is 56.9 Å². The molecular weight excluding hydrogens is 544 g/mol. The number of amides is 2. The summed E-state index contributed by atoms with van der Waals surface area (Å²) in [5, 5.41) is 16.6. The number of ether oxygens (including phenoxy) is 2. The van der Waals surface area contributed by atoms with E-state index in [9.17, 15) is 9.59 Å². The first-order valence-corrected chi connectivity index (χ1v) is 14.7. The lowest BCUT2D eigenvalue weighted by molar-refractivity contribution is -0.144. The second-order valence-corrected chi connectivity index (χ2v) is 11.2. The Morgan fingerprint density at radius 1 is 1.00 bits per heavy atom. The Labute approximate surface area is 245 Å². The van der Waals surface area contributed by atoms with E-state index < -0.39 is 6.04 Å². The Balaban J connectivity index is 1.49. The number of tetrazole rings is 1. The predicted molar refractivity (Wildman–Crippen MR) is 155 cm³/mol. The maximum absolute atomic E-state index is 14.2. The van der Waals surface area contributed by atoms with Gasteiger partial charge in [-0.05, 0) is 73.4 Å². The second kappa shape index (κ2) is 13.3. The van der Waals surface area contributed by atoms with Crippen LogP contribution in [0.4, 0.5) is 0 Å². The molecule has 10 nitrogen and oxygen atoms in total. The minimum Gasteiger partial charge on any atom is -0.497 e. The van der Waals surface area contributed by atoms with Gasteiger partial charge in [0, 0.05) is 28.2 Å². The highest BCUT2D eigenvalue weighted by molar-refractivity contribution is 6.30. The number of rotatable bonds is 10. The molecular formula is C30H37ClN6O4. The average Bonchev–Trinajstić information content (AvgIpc) is 3.69. The molecule has 2 aliphatic carbocycles. The van der Waals surface area contributed by atoms with Crippen LogP contribution in [0.5, 0.6) is 11.5 Å². The molecule has 1 aromatic heterocycles. The molecule has 2 aliphatic rings. The molecule has 2 fully saturated rings. The summed E-state index contributed by atoms with van der Waals surface area (Å²) >= 11 is 6.02. The first-order chi connectivity index (χ1) is 20.0. The summed E-state index contributed by atoms with van der Waals surface area (Å²) in [6.07, 6.45) is 8.80. The van der Waals surface area contributed by atoms with Crippen LogP contribution in [0, 0.1) is 0 Å². The quantitative estimate of drug-likeness (QED) is 0.360. The van der Waals surface area contributed by atoms with Gasteiger partial charge >= 0.3 is 0 Å². The van der Waals surface area contributed by atoms with Crippen molar-refractivity contribution in [2.24, 2.45) is 0 Å². The van der Waals surface area contributed by atoms with Crippen molar-refractivity contribution in [3.63, 3.8) is 0 Å². The van der Waals surface area contributed by atoms with E-state index in [2.05, 4.69) is 20.7 Å². The van der Waals surface area contributed by atoms with E-state index in [-0.39, 0.29) is 30.4 Å². The molecule has 2 saturated carbocycles. The Kier molecular flexibility index (Phi) is 9.38. The summed E-state index contributed by atoms with van der Waals surface area (Å²) in [5.74, 6) is 1.03. The minimum absolute atomic E-state index is 0.0785. The van der Waals surface area contributed by atoms with Gasteiger partial charge in [-0.1, -0.05) is 43.7 Å². The third-order valence-corrected chi connectivity index (χ3v) is 8.30. The van der Waals surface area contributed by atoms with Gasteiger partial charge in [-0.3, -0.25) is 9.59 Å². The lowest BCUT2D eigenvalue weighted by Crippen LogP contribution is -2.51. The molecule has 0 aliphatic heterocycles. The molecule has 0 bridgehead atoms. The fourth-order valence-electron chi connectivity index (χ4n) is 5.97. The zero-order chi connectivity index (χ0) is 28.8. The van der Waals surface area contributed by atoms with Crippen molar-refractivity contribution in [2.45, 2.75) is 82.5 Å². The highest BCUT2D eigenvalue weighted by Crippen LogP contribution is 2.38. The minimum atomic E-state index is -0.906. The summed E-state index contributed by atoms with van der Waals surface area (Å²) in [6, 6.07) is 11.5. The van der Waals surface area contributed by atoms with Crippen LogP contribution in [0.2, 0.25) is 5.02 Å². The molecule has 218 valence electrons. The Morgan fingerprint density at radius 3 is 2.39 bits per heavy atom. The van der Waals surface area contributed by atoms with E-state index in [0.29, 0.717) is 27.9 Å². The molecule has 1 N–H and O–H groups in total. The molecule has 0 spiro atoms. The van der Waals surface area contributed by atoms with Crippen LogP contribution in [0.3, 0.4) is 0 Å². The Bertz CT molecular complexity index is 1340. The molecule has 5 rings (SSSR count). The van der Waals surface area contributed by atoms with Gasteiger partial charge in [0.15, 0.2) is 0 Å². The van der Waals surface area contributed by atoms with Gasteiger partial charge in [0.05, 0.1) is 14.2 Å². The van der Waals surface area contributed by atoms with Gasteiger partial charge in [0.25, 0.3) is 0 Å². The van der Waals surface area contributed by atoms with Crippen molar-refractivity contribution < 1.29 is 19.1 Å². The molecule has 1 heterocycles. The summed E-state index contributed by atoms with van der Waals surface area (Å²) in [6.45, 7) is -0.156. The first-order valence-electron chi connectivity index (χ1n) is 14.3. The summed E-state index contributed by atoms with van der Waals surface area (Å²) < 4.78 is 11.2.